The molecule has 8 nitrogen and oxygen atoms in total. The second kappa shape index (κ2) is 9.84. The molecule has 2 aromatic rings. The van der Waals surface area contributed by atoms with E-state index in [1.807, 2.05) is 23.7 Å². The number of urea groups is 1. The molecule has 0 spiro atoms. The first-order valence-corrected chi connectivity index (χ1v) is 9.94. The summed E-state index contributed by atoms with van der Waals surface area (Å²) < 4.78 is 12.3. The highest BCUT2D eigenvalue weighted by atomic mass is 32.1. The average molecular weight is 394 g/mol. The number of carbonyl (C=O) groups is 1. The van der Waals surface area contributed by atoms with E-state index >= 15 is 0 Å². The summed E-state index contributed by atoms with van der Waals surface area (Å²) >= 11 is 1.51. The Hall–Kier alpha value is -1.94. The van der Waals surface area contributed by atoms with E-state index in [1.165, 1.54) is 11.3 Å². The molecule has 2 aromatic heterocycles. The monoisotopic (exact) mass is 394 g/mol. The van der Waals surface area contributed by atoms with E-state index < -0.39 is 6.10 Å². The fourth-order valence-electron chi connectivity index (χ4n) is 3.08. The number of hydrogen-bond acceptors (Lipinski definition) is 6. The summed E-state index contributed by atoms with van der Waals surface area (Å²) in [6, 6.07) is 5.19. The van der Waals surface area contributed by atoms with Crippen molar-refractivity contribution in [2.75, 3.05) is 38.8 Å². The molecule has 148 valence electrons. The fourth-order valence-corrected chi connectivity index (χ4v) is 3.80. The van der Waals surface area contributed by atoms with Gasteiger partial charge in [-0.25, -0.2) is 4.79 Å². The molecule has 0 aromatic carbocycles. The van der Waals surface area contributed by atoms with Gasteiger partial charge in [-0.1, -0.05) is 6.07 Å². The molecule has 0 saturated carbocycles. The van der Waals surface area contributed by atoms with Crippen molar-refractivity contribution in [2.45, 2.75) is 31.5 Å². The highest BCUT2D eigenvalue weighted by Crippen LogP contribution is 2.26. The van der Waals surface area contributed by atoms with E-state index in [-0.39, 0.29) is 12.1 Å². The molecule has 0 radical (unpaired) electrons. The number of anilines is 1. The normalized spacial score (nSPS) is 18.4. The van der Waals surface area contributed by atoms with E-state index in [4.69, 9.17) is 9.47 Å². The second-order valence-electron chi connectivity index (χ2n) is 6.43. The third-order valence-electron chi connectivity index (χ3n) is 4.47. The molecule has 1 saturated heterocycles. The lowest BCUT2D eigenvalue weighted by Crippen LogP contribution is -2.50. The fraction of sp³-hybridized carbons (Fsp3) is 0.556. The molecular weight excluding hydrogens is 368 g/mol. The summed E-state index contributed by atoms with van der Waals surface area (Å²) in [4.78, 5) is 15.4. The van der Waals surface area contributed by atoms with Crippen molar-refractivity contribution >= 4 is 23.2 Å². The largest absolute Gasteiger partial charge is 0.387 e. The zero-order chi connectivity index (χ0) is 19.1. The van der Waals surface area contributed by atoms with Crippen molar-refractivity contribution < 1.29 is 19.4 Å². The van der Waals surface area contributed by atoms with Gasteiger partial charge in [0.05, 0.1) is 25.4 Å². The van der Waals surface area contributed by atoms with Gasteiger partial charge in [-0.3, -0.25) is 10.00 Å². The van der Waals surface area contributed by atoms with Gasteiger partial charge < -0.3 is 19.5 Å². The van der Waals surface area contributed by atoms with Crippen LogP contribution in [0.25, 0.3) is 0 Å². The minimum absolute atomic E-state index is 0.181. The molecule has 0 bridgehead atoms. The van der Waals surface area contributed by atoms with Crippen molar-refractivity contribution in [3.05, 3.63) is 34.7 Å². The molecule has 9 heteroatoms. The number of aryl methyl sites for hydroxylation is 1. The number of ether oxygens (including phenoxy) is 2. The quantitative estimate of drug-likeness (QED) is 0.671. The number of methoxy groups -OCH3 is 1. The topological polar surface area (TPSA) is 88.9 Å². The van der Waals surface area contributed by atoms with Crippen LogP contribution in [-0.2, 0) is 16.0 Å². The first kappa shape index (κ1) is 19.8. The molecule has 3 heterocycles. The number of amides is 2. The van der Waals surface area contributed by atoms with E-state index in [0.29, 0.717) is 38.6 Å². The van der Waals surface area contributed by atoms with Crippen molar-refractivity contribution in [3.8, 4) is 0 Å². The summed E-state index contributed by atoms with van der Waals surface area (Å²) in [7, 11) is 1.67. The summed E-state index contributed by atoms with van der Waals surface area (Å²) in [5, 5.41) is 19.6. The summed E-state index contributed by atoms with van der Waals surface area (Å²) in [6.45, 7) is 2.80. The minimum atomic E-state index is -0.605. The van der Waals surface area contributed by atoms with Crippen LogP contribution < -0.4 is 5.32 Å². The van der Waals surface area contributed by atoms with Crippen LogP contribution in [0, 0.1) is 0 Å². The van der Waals surface area contributed by atoms with Crippen LogP contribution in [0.1, 0.15) is 23.8 Å². The first-order chi connectivity index (χ1) is 13.2. The minimum Gasteiger partial charge on any atom is -0.387 e. The molecule has 2 amide bonds. The Morgan fingerprint density at radius 2 is 2.44 bits per heavy atom. The molecule has 27 heavy (non-hydrogen) atoms. The maximum absolute atomic E-state index is 12.7. The smallest absolute Gasteiger partial charge is 0.323 e. The lowest BCUT2D eigenvalue weighted by Gasteiger charge is -2.36. The maximum Gasteiger partial charge on any atom is 0.323 e. The van der Waals surface area contributed by atoms with Gasteiger partial charge in [0.2, 0.25) is 0 Å². The molecule has 2 N–H and O–H groups in total. The van der Waals surface area contributed by atoms with Gasteiger partial charge in [-0.2, -0.15) is 5.10 Å². The van der Waals surface area contributed by atoms with E-state index in [1.54, 1.807) is 22.8 Å². The number of hydrogen-bond donors (Lipinski definition) is 2. The zero-order valence-electron chi connectivity index (χ0n) is 15.4. The molecule has 0 aliphatic carbocycles. The van der Waals surface area contributed by atoms with Crippen LogP contribution in [0.5, 0.6) is 0 Å². The Bertz CT molecular complexity index is 706. The number of aromatic nitrogens is 2. The van der Waals surface area contributed by atoms with Crippen LogP contribution in [-0.4, -0.2) is 65.3 Å². The van der Waals surface area contributed by atoms with Gasteiger partial charge in [-0.05, 0) is 17.9 Å². The average Bonchev–Trinajstić information content (AvgIpc) is 3.34. The Labute approximate surface area is 162 Å². The van der Waals surface area contributed by atoms with Crippen molar-refractivity contribution in [2.24, 2.45) is 0 Å². The molecule has 1 fully saturated rings. The van der Waals surface area contributed by atoms with Crippen molar-refractivity contribution in [1.82, 2.24) is 14.7 Å². The van der Waals surface area contributed by atoms with Gasteiger partial charge in [-0.15, -0.1) is 11.3 Å². The Balaban J connectivity index is 1.56. The number of morpholine rings is 1. The Morgan fingerprint density at radius 3 is 3.22 bits per heavy atom. The number of aliphatic hydroxyl groups excluding tert-OH is 1. The highest BCUT2D eigenvalue weighted by molar-refractivity contribution is 7.10. The lowest BCUT2D eigenvalue weighted by molar-refractivity contribution is -0.00384. The number of nitrogens with one attached hydrogen (secondary N) is 1. The van der Waals surface area contributed by atoms with E-state index in [0.717, 1.165) is 17.8 Å². The summed E-state index contributed by atoms with van der Waals surface area (Å²) in [5.74, 6) is 0.515. The van der Waals surface area contributed by atoms with Crippen LogP contribution in [0.4, 0.5) is 10.6 Å². The third-order valence-corrected chi connectivity index (χ3v) is 5.44. The Morgan fingerprint density at radius 1 is 1.56 bits per heavy atom. The summed E-state index contributed by atoms with van der Waals surface area (Å²) in [5.41, 5.74) is 0. The van der Waals surface area contributed by atoms with Crippen LogP contribution in [0.15, 0.2) is 29.8 Å². The number of aliphatic hydroxyl groups is 1. The second-order valence-corrected chi connectivity index (χ2v) is 7.41. The number of thiophene rings is 1. The standard InChI is InChI=1S/C18H26N4O4S/c1-25-9-3-6-21-7-5-17(20-21)19-18(24)22-8-10-26-13-14(22)12-15(23)16-4-2-11-27-16/h2,4-5,7,11,14-15,23H,3,6,8-10,12-13H2,1H3,(H,19,20,24)/t14-,15-/m0/s1. The van der Waals surface area contributed by atoms with Gasteiger partial charge in [0.25, 0.3) is 0 Å². The highest BCUT2D eigenvalue weighted by Gasteiger charge is 2.30. The van der Waals surface area contributed by atoms with Gasteiger partial charge in [0.15, 0.2) is 5.82 Å². The van der Waals surface area contributed by atoms with Gasteiger partial charge in [0, 0.05) is 50.4 Å². The molecule has 2 atom stereocenters. The van der Waals surface area contributed by atoms with Crippen LogP contribution >= 0.6 is 11.3 Å². The maximum atomic E-state index is 12.7. The van der Waals surface area contributed by atoms with Crippen LogP contribution in [0.3, 0.4) is 0 Å². The van der Waals surface area contributed by atoms with Gasteiger partial charge in [0.1, 0.15) is 0 Å². The zero-order valence-corrected chi connectivity index (χ0v) is 16.2. The molecule has 0 unspecified atom stereocenters. The molecular formula is C18H26N4O4S. The molecule has 1 aliphatic heterocycles. The number of nitrogens with zero attached hydrogens (tertiary/aromatic N) is 3. The predicted octanol–water partition coefficient (Wildman–Crippen LogP) is 2.34. The molecule has 1 aliphatic rings. The first-order valence-electron chi connectivity index (χ1n) is 9.06. The van der Waals surface area contributed by atoms with Crippen molar-refractivity contribution in [3.63, 3.8) is 0 Å². The molecule has 3 rings (SSSR count). The predicted molar refractivity (Wildman–Crippen MR) is 103 cm³/mol. The number of carbonyl (C=O) groups excluding carboxylic acids is 1. The number of rotatable bonds is 8. The van der Waals surface area contributed by atoms with Gasteiger partial charge >= 0.3 is 6.03 Å². The summed E-state index contributed by atoms with van der Waals surface area (Å²) in [6.07, 6.45) is 2.53. The lowest BCUT2D eigenvalue weighted by atomic mass is 10.1. The SMILES string of the molecule is COCCCn1ccc(NC(=O)N2CCOC[C@@H]2C[C@H](O)c2cccs2)n1. The Kier molecular flexibility index (Phi) is 7.22. The van der Waals surface area contributed by atoms with Crippen molar-refractivity contribution in [1.29, 1.82) is 0 Å². The van der Waals surface area contributed by atoms with Crippen LogP contribution in [0.2, 0.25) is 0 Å². The van der Waals surface area contributed by atoms with E-state index in [9.17, 15) is 9.90 Å². The van der Waals surface area contributed by atoms with E-state index in [2.05, 4.69) is 10.4 Å². The third kappa shape index (κ3) is 5.52.